The molecular formula is C19H28O. The van der Waals surface area contributed by atoms with E-state index in [1.54, 1.807) is 6.92 Å². The lowest BCUT2D eigenvalue weighted by Gasteiger charge is -2.13. The predicted molar refractivity (Wildman–Crippen MR) is 87.0 cm³/mol. The summed E-state index contributed by atoms with van der Waals surface area (Å²) in [6.45, 7) is 6.11. The molecule has 0 radical (unpaired) electrons. The summed E-state index contributed by atoms with van der Waals surface area (Å²) in [6.07, 6.45) is 9.23. The second kappa shape index (κ2) is 9.52. The normalized spacial score (nSPS) is 13.2. The standard InChI is InChI=1S/C19H28O/c1-4-5-6-8-11-16(2)14-19(15-17(3)20)18-12-9-7-10-13-18/h7,9-10,12-14,19H,4-6,8,11,15H2,1-3H3/b16-14+. The number of unbranched alkanes of at least 4 members (excludes halogenated alkanes) is 3. The smallest absolute Gasteiger partial charge is 0.130 e. The lowest BCUT2D eigenvalue weighted by atomic mass is 9.91. The number of carbonyl (C=O) groups is 1. The molecule has 110 valence electrons. The van der Waals surface area contributed by atoms with Crippen molar-refractivity contribution >= 4 is 5.78 Å². The van der Waals surface area contributed by atoms with Crippen LogP contribution in [0.2, 0.25) is 0 Å². The van der Waals surface area contributed by atoms with Crippen molar-refractivity contribution in [2.45, 2.75) is 65.2 Å². The Labute approximate surface area is 124 Å². The molecule has 1 unspecified atom stereocenters. The third kappa shape index (κ3) is 6.70. The van der Waals surface area contributed by atoms with Gasteiger partial charge in [0.25, 0.3) is 0 Å². The zero-order valence-corrected chi connectivity index (χ0v) is 13.2. The van der Waals surface area contributed by atoms with Gasteiger partial charge in [0.1, 0.15) is 5.78 Å². The fraction of sp³-hybridized carbons (Fsp3) is 0.526. The Morgan fingerprint density at radius 3 is 2.40 bits per heavy atom. The van der Waals surface area contributed by atoms with Crippen LogP contribution >= 0.6 is 0 Å². The molecule has 0 aromatic heterocycles. The molecule has 0 amide bonds. The van der Waals surface area contributed by atoms with Crippen LogP contribution in [0.15, 0.2) is 42.0 Å². The van der Waals surface area contributed by atoms with Gasteiger partial charge in [-0.2, -0.15) is 0 Å². The van der Waals surface area contributed by atoms with Crippen LogP contribution in [0, 0.1) is 0 Å². The molecule has 0 aliphatic heterocycles. The first-order valence-corrected chi connectivity index (χ1v) is 7.85. The summed E-state index contributed by atoms with van der Waals surface area (Å²) in [5, 5.41) is 0. The maximum absolute atomic E-state index is 11.5. The van der Waals surface area contributed by atoms with E-state index < -0.39 is 0 Å². The molecule has 1 aromatic carbocycles. The second-order valence-electron chi connectivity index (χ2n) is 5.75. The van der Waals surface area contributed by atoms with Crippen LogP contribution in [-0.2, 0) is 4.79 Å². The van der Waals surface area contributed by atoms with Crippen molar-refractivity contribution in [3.8, 4) is 0 Å². The third-order valence-electron chi connectivity index (χ3n) is 3.65. The van der Waals surface area contributed by atoms with Crippen LogP contribution in [0.25, 0.3) is 0 Å². The van der Waals surface area contributed by atoms with Gasteiger partial charge in [-0.1, -0.05) is 68.2 Å². The molecule has 1 rings (SSSR count). The van der Waals surface area contributed by atoms with Crippen molar-refractivity contribution in [3.63, 3.8) is 0 Å². The zero-order chi connectivity index (χ0) is 14.8. The Morgan fingerprint density at radius 1 is 1.10 bits per heavy atom. The summed E-state index contributed by atoms with van der Waals surface area (Å²) < 4.78 is 0. The molecule has 0 heterocycles. The minimum Gasteiger partial charge on any atom is -0.300 e. The highest BCUT2D eigenvalue weighted by atomic mass is 16.1. The monoisotopic (exact) mass is 272 g/mol. The van der Waals surface area contributed by atoms with Gasteiger partial charge in [-0.05, 0) is 32.3 Å². The molecule has 1 aromatic rings. The first-order valence-electron chi connectivity index (χ1n) is 7.85. The summed E-state index contributed by atoms with van der Waals surface area (Å²) in [5.74, 6) is 0.494. The Hall–Kier alpha value is -1.37. The van der Waals surface area contributed by atoms with Gasteiger partial charge < -0.3 is 0 Å². The van der Waals surface area contributed by atoms with Gasteiger partial charge in [-0.25, -0.2) is 0 Å². The Morgan fingerprint density at radius 2 is 1.80 bits per heavy atom. The van der Waals surface area contributed by atoms with E-state index in [0.717, 1.165) is 6.42 Å². The van der Waals surface area contributed by atoms with Gasteiger partial charge in [0.2, 0.25) is 0 Å². The first-order chi connectivity index (χ1) is 9.63. The van der Waals surface area contributed by atoms with Crippen LogP contribution in [0.4, 0.5) is 0 Å². The molecule has 1 heteroatoms. The van der Waals surface area contributed by atoms with E-state index in [0.29, 0.717) is 6.42 Å². The largest absolute Gasteiger partial charge is 0.300 e. The van der Waals surface area contributed by atoms with E-state index in [2.05, 4.69) is 32.1 Å². The summed E-state index contributed by atoms with van der Waals surface area (Å²) in [5.41, 5.74) is 2.66. The van der Waals surface area contributed by atoms with Gasteiger partial charge in [0, 0.05) is 12.3 Å². The molecule has 1 nitrogen and oxygen atoms in total. The molecule has 0 aliphatic rings. The van der Waals surface area contributed by atoms with Crippen molar-refractivity contribution in [1.82, 2.24) is 0 Å². The Kier molecular flexibility index (Phi) is 7.94. The lowest BCUT2D eigenvalue weighted by Crippen LogP contribution is -2.02. The molecule has 0 N–H and O–H groups in total. The van der Waals surface area contributed by atoms with E-state index in [1.807, 2.05) is 18.2 Å². The summed E-state index contributed by atoms with van der Waals surface area (Å²) in [4.78, 5) is 11.5. The number of carbonyl (C=O) groups excluding carboxylic acids is 1. The number of allylic oxidation sites excluding steroid dienone is 2. The topological polar surface area (TPSA) is 17.1 Å². The van der Waals surface area contributed by atoms with Crippen molar-refractivity contribution in [3.05, 3.63) is 47.5 Å². The third-order valence-corrected chi connectivity index (χ3v) is 3.65. The van der Waals surface area contributed by atoms with Crippen molar-refractivity contribution in [2.24, 2.45) is 0 Å². The number of hydrogen-bond donors (Lipinski definition) is 0. The number of benzene rings is 1. The van der Waals surface area contributed by atoms with Crippen molar-refractivity contribution in [1.29, 1.82) is 0 Å². The molecule has 0 fully saturated rings. The molecule has 20 heavy (non-hydrogen) atoms. The summed E-state index contributed by atoms with van der Waals surface area (Å²) >= 11 is 0. The van der Waals surface area contributed by atoms with E-state index in [9.17, 15) is 4.79 Å². The maximum Gasteiger partial charge on any atom is 0.130 e. The molecule has 0 saturated heterocycles. The lowest BCUT2D eigenvalue weighted by molar-refractivity contribution is -0.117. The van der Waals surface area contributed by atoms with Crippen LogP contribution in [-0.4, -0.2) is 5.78 Å². The average Bonchev–Trinajstić information content (AvgIpc) is 2.43. The maximum atomic E-state index is 11.5. The highest BCUT2D eigenvalue weighted by molar-refractivity contribution is 5.76. The number of ketones is 1. The molecular weight excluding hydrogens is 244 g/mol. The number of hydrogen-bond acceptors (Lipinski definition) is 1. The number of Topliss-reactive ketones (excluding diaryl/α,β-unsaturated/α-hetero) is 1. The van der Waals surface area contributed by atoms with Crippen LogP contribution in [0.1, 0.15) is 70.8 Å². The van der Waals surface area contributed by atoms with E-state index in [-0.39, 0.29) is 11.7 Å². The fourth-order valence-corrected chi connectivity index (χ4v) is 2.54. The summed E-state index contributed by atoms with van der Waals surface area (Å²) in [6, 6.07) is 10.4. The van der Waals surface area contributed by atoms with Crippen LogP contribution in [0.5, 0.6) is 0 Å². The SMILES string of the molecule is CCCCCC/C(C)=C/C(CC(C)=O)c1ccccc1. The minimum atomic E-state index is 0.236. The van der Waals surface area contributed by atoms with Crippen molar-refractivity contribution in [2.75, 3.05) is 0 Å². The second-order valence-corrected chi connectivity index (χ2v) is 5.75. The Bertz CT molecular complexity index is 417. The van der Waals surface area contributed by atoms with Gasteiger partial charge in [0.05, 0.1) is 0 Å². The Balaban J connectivity index is 2.66. The van der Waals surface area contributed by atoms with Crippen molar-refractivity contribution < 1.29 is 4.79 Å². The average molecular weight is 272 g/mol. The minimum absolute atomic E-state index is 0.236. The molecule has 0 saturated carbocycles. The highest BCUT2D eigenvalue weighted by Gasteiger charge is 2.11. The van der Waals surface area contributed by atoms with E-state index in [1.165, 1.54) is 36.8 Å². The molecule has 1 atom stereocenters. The van der Waals surface area contributed by atoms with Crippen LogP contribution in [0.3, 0.4) is 0 Å². The molecule has 0 bridgehead atoms. The van der Waals surface area contributed by atoms with E-state index in [4.69, 9.17) is 0 Å². The quantitative estimate of drug-likeness (QED) is 0.418. The molecule has 0 aliphatic carbocycles. The predicted octanol–water partition coefficient (Wildman–Crippen LogP) is 5.67. The van der Waals surface area contributed by atoms with E-state index >= 15 is 0 Å². The first kappa shape index (κ1) is 16.7. The molecule has 0 spiro atoms. The highest BCUT2D eigenvalue weighted by Crippen LogP contribution is 2.24. The number of rotatable bonds is 9. The fourth-order valence-electron chi connectivity index (χ4n) is 2.54. The van der Waals surface area contributed by atoms with Gasteiger partial charge in [-0.15, -0.1) is 0 Å². The summed E-state index contributed by atoms with van der Waals surface area (Å²) in [7, 11) is 0. The zero-order valence-electron chi connectivity index (χ0n) is 13.2. The van der Waals surface area contributed by atoms with Gasteiger partial charge in [0.15, 0.2) is 0 Å². The van der Waals surface area contributed by atoms with Gasteiger partial charge in [-0.3, -0.25) is 4.79 Å². The van der Waals surface area contributed by atoms with Gasteiger partial charge >= 0.3 is 0 Å². The van der Waals surface area contributed by atoms with Crippen LogP contribution < -0.4 is 0 Å².